The van der Waals surface area contributed by atoms with E-state index in [2.05, 4.69) is 18.8 Å². The zero-order chi connectivity index (χ0) is 15.7. The fraction of sp³-hybridized carbons (Fsp3) is 0.500. The molecule has 1 N–H and O–H groups in total. The van der Waals surface area contributed by atoms with Crippen molar-refractivity contribution in [3.8, 4) is 0 Å². The highest BCUT2D eigenvalue weighted by Crippen LogP contribution is 2.16. The molecule has 1 aromatic carbocycles. The number of sulfonamides is 1. The number of nitrogens with zero attached hydrogens (tertiary/aromatic N) is 1. The summed E-state index contributed by atoms with van der Waals surface area (Å²) in [6.07, 6.45) is 3.63. The van der Waals surface area contributed by atoms with Crippen molar-refractivity contribution in [1.29, 1.82) is 0 Å². The summed E-state index contributed by atoms with van der Waals surface area (Å²) in [6, 6.07) is 7.16. The molecule has 0 fully saturated rings. The molecule has 0 spiro atoms. The minimum Gasteiger partial charge on any atom is -0.316 e. The predicted octanol–water partition coefficient (Wildman–Crippen LogP) is 2.43. The normalized spacial score (nSPS) is 11.8. The van der Waals surface area contributed by atoms with Crippen LogP contribution in [-0.2, 0) is 16.4 Å². The van der Waals surface area contributed by atoms with Crippen LogP contribution in [0.3, 0.4) is 0 Å². The average molecular weight is 310 g/mol. The van der Waals surface area contributed by atoms with Gasteiger partial charge in [0.1, 0.15) is 0 Å². The van der Waals surface area contributed by atoms with Crippen LogP contribution in [0, 0.1) is 0 Å². The van der Waals surface area contributed by atoms with Gasteiger partial charge in [-0.1, -0.05) is 32.1 Å². The van der Waals surface area contributed by atoms with E-state index in [1.165, 1.54) is 4.31 Å². The van der Waals surface area contributed by atoms with Crippen molar-refractivity contribution >= 4 is 10.0 Å². The molecule has 0 aliphatic rings. The number of likely N-dealkylation sites (N-methyl/N-ethyl adjacent to an activating group) is 1. The lowest BCUT2D eigenvalue weighted by Crippen LogP contribution is -2.31. The van der Waals surface area contributed by atoms with Crippen LogP contribution in [0.15, 0.2) is 41.8 Å². The third-order valence-electron chi connectivity index (χ3n) is 3.26. The number of hydrogen-bond acceptors (Lipinski definition) is 3. The van der Waals surface area contributed by atoms with Gasteiger partial charge in [-0.2, -0.15) is 4.31 Å². The fourth-order valence-electron chi connectivity index (χ4n) is 2.05. The van der Waals surface area contributed by atoms with Gasteiger partial charge < -0.3 is 5.32 Å². The zero-order valence-corrected chi connectivity index (χ0v) is 13.8. The molecule has 0 bridgehead atoms. The molecule has 0 amide bonds. The molecule has 0 saturated heterocycles. The predicted molar refractivity (Wildman–Crippen MR) is 87.9 cm³/mol. The first kappa shape index (κ1) is 17.9. The molecule has 0 heterocycles. The van der Waals surface area contributed by atoms with Crippen molar-refractivity contribution in [3.05, 3.63) is 42.5 Å². The van der Waals surface area contributed by atoms with Gasteiger partial charge in [0.25, 0.3) is 0 Å². The number of rotatable bonds is 10. The Morgan fingerprint density at radius 3 is 2.38 bits per heavy atom. The number of benzene rings is 1. The van der Waals surface area contributed by atoms with Gasteiger partial charge in [0, 0.05) is 13.1 Å². The van der Waals surface area contributed by atoms with Crippen LogP contribution < -0.4 is 5.32 Å². The third kappa shape index (κ3) is 5.26. The molecule has 0 radical (unpaired) electrons. The standard InChI is InChI=1S/C16H26N2O2S/c1-4-12-17-13-11-15-7-9-16(10-8-15)21(19,20)18(6-3)14-5-2/h5,7-10,17H,2,4,6,11-14H2,1,3H3. The van der Waals surface area contributed by atoms with Gasteiger partial charge in [-0.3, -0.25) is 0 Å². The summed E-state index contributed by atoms with van der Waals surface area (Å²) < 4.78 is 26.3. The van der Waals surface area contributed by atoms with Gasteiger partial charge in [0.15, 0.2) is 0 Å². The van der Waals surface area contributed by atoms with Gasteiger partial charge in [-0.05, 0) is 43.6 Å². The van der Waals surface area contributed by atoms with Crippen LogP contribution in [0.4, 0.5) is 0 Å². The molecular formula is C16H26N2O2S. The van der Waals surface area contributed by atoms with E-state index < -0.39 is 10.0 Å². The summed E-state index contributed by atoms with van der Waals surface area (Å²) in [4.78, 5) is 0.344. The first-order valence-corrected chi connectivity index (χ1v) is 8.91. The van der Waals surface area contributed by atoms with Crippen LogP contribution >= 0.6 is 0 Å². The monoisotopic (exact) mass is 310 g/mol. The zero-order valence-electron chi connectivity index (χ0n) is 13.0. The van der Waals surface area contributed by atoms with Gasteiger partial charge in [0.05, 0.1) is 4.90 Å². The molecule has 0 unspecified atom stereocenters. The quantitative estimate of drug-likeness (QED) is 0.533. The topological polar surface area (TPSA) is 49.4 Å². The van der Waals surface area contributed by atoms with Gasteiger partial charge in [-0.25, -0.2) is 8.42 Å². The van der Waals surface area contributed by atoms with E-state index in [0.717, 1.165) is 31.5 Å². The van der Waals surface area contributed by atoms with Crippen molar-refractivity contribution in [1.82, 2.24) is 9.62 Å². The second-order valence-electron chi connectivity index (χ2n) is 4.89. The van der Waals surface area contributed by atoms with E-state index in [9.17, 15) is 8.42 Å². The Morgan fingerprint density at radius 2 is 1.86 bits per heavy atom. The van der Waals surface area contributed by atoms with Crippen LogP contribution in [0.25, 0.3) is 0 Å². The summed E-state index contributed by atoms with van der Waals surface area (Å²) in [5, 5.41) is 3.33. The maximum atomic E-state index is 12.4. The largest absolute Gasteiger partial charge is 0.316 e. The van der Waals surface area contributed by atoms with E-state index in [-0.39, 0.29) is 0 Å². The molecule has 0 aliphatic heterocycles. The van der Waals surface area contributed by atoms with Crippen molar-refractivity contribution in [2.45, 2.75) is 31.6 Å². The van der Waals surface area contributed by atoms with E-state index in [1.807, 2.05) is 19.1 Å². The molecule has 0 saturated carbocycles. The highest BCUT2D eigenvalue weighted by atomic mass is 32.2. The van der Waals surface area contributed by atoms with E-state index in [0.29, 0.717) is 18.0 Å². The average Bonchev–Trinajstić information content (AvgIpc) is 2.49. The maximum Gasteiger partial charge on any atom is 0.243 e. The maximum absolute atomic E-state index is 12.4. The van der Waals surface area contributed by atoms with Gasteiger partial charge in [0.2, 0.25) is 10.0 Å². The van der Waals surface area contributed by atoms with Crippen molar-refractivity contribution in [3.63, 3.8) is 0 Å². The first-order chi connectivity index (χ1) is 10.1. The molecular weight excluding hydrogens is 284 g/mol. The van der Waals surface area contributed by atoms with Crippen LogP contribution in [-0.4, -0.2) is 38.9 Å². The highest BCUT2D eigenvalue weighted by molar-refractivity contribution is 7.89. The first-order valence-electron chi connectivity index (χ1n) is 7.47. The molecule has 1 rings (SSSR count). The van der Waals surface area contributed by atoms with Crippen LogP contribution in [0.2, 0.25) is 0 Å². The molecule has 0 atom stereocenters. The van der Waals surface area contributed by atoms with E-state index in [4.69, 9.17) is 0 Å². The lowest BCUT2D eigenvalue weighted by Gasteiger charge is -2.18. The molecule has 5 heteroatoms. The third-order valence-corrected chi connectivity index (χ3v) is 5.22. The Hall–Kier alpha value is -1.17. The van der Waals surface area contributed by atoms with Crippen molar-refractivity contribution in [2.24, 2.45) is 0 Å². The van der Waals surface area contributed by atoms with Gasteiger partial charge in [-0.15, -0.1) is 6.58 Å². The van der Waals surface area contributed by atoms with Gasteiger partial charge >= 0.3 is 0 Å². The molecule has 0 aromatic heterocycles. The Balaban J connectivity index is 2.74. The summed E-state index contributed by atoms with van der Waals surface area (Å²) in [5.74, 6) is 0. The second-order valence-corrected chi connectivity index (χ2v) is 6.83. The van der Waals surface area contributed by atoms with E-state index >= 15 is 0 Å². The summed E-state index contributed by atoms with van der Waals surface area (Å²) in [5.41, 5.74) is 1.14. The van der Waals surface area contributed by atoms with Crippen LogP contribution in [0.1, 0.15) is 25.8 Å². The van der Waals surface area contributed by atoms with E-state index in [1.54, 1.807) is 18.2 Å². The highest BCUT2D eigenvalue weighted by Gasteiger charge is 2.21. The Bertz CT molecular complexity index is 524. The second kappa shape index (κ2) is 8.97. The Morgan fingerprint density at radius 1 is 1.19 bits per heavy atom. The Kier molecular flexibility index (Phi) is 7.64. The van der Waals surface area contributed by atoms with Crippen molar-refractivity contribution in [2.75, 3.05) is 26.2 Å². The smallest absolute Gasteiger partial charge is 0.243 e. The lowest BCUT2D eigenvalue weighted by atomic mass is 10.1. The molecule has 4 nitrogen and oxygen atoms in total. The molecule has 1 aromatic rings. The SMILES string of the molecule is C=CCN(CC)S(=O)(=O)c1ccc(CCNCCC)cc1. The number of hydrogen-bond donors (Lipinski definition) is 1. The summed E-state index contributed by atoms with van der Waals surface area (Å²) in [7, 11) is -3.41. The minimum atomic E-state index is -3.41. The molecule has 118 valence electrons. The minimum absolute atomic E-state index is 0.335. The number of nitrogens with one attached hydrogen (secondary N) is 1. The lowest BCUT2D eigenvalue weighted by molar-refractivity contribution is 0.460. The van der Waals surface area contributed by atoms with Crippen molar-refractivity contribution < 1.29 is 8.42 Å². The summed E-state index contributed by atoms with van der Waals surface area (Å²) in [6.45, 7) is 10.3. The molecule has 0 aliphatic carbocycles. The fourth-order valence-corrected chi connectivity index (χ4v) is 3.47. The summed E-state index contributed by atoms with van der Waals surface area (Å²) >= 11 is 0. The molecule has 21 heavy (non-hydrogen) atoms. The Labute approximate surface area is 128 Å². The van der Waals surface area contributed by atoms with Crippen LogP contribution in [0.5, 0.6) is 0 Å².